The summed E-state index contributed by atoms with van der Waals surface area (Å²) in [6, 6.07) is 8.67. The lowest BCUT2D eigenvalue weighted by atomic mass is 10.2. The Balaban J connectivity index is 1.36. The second kappa shape index (κ2) is 7.30. The number of hydrogen-bond donors (Lipinski definition) is 0. The maximum Gasteiger partial charge on any atom is 0.151 e. The summed E-state index contributed by atoms with van der Waals surface area (Å²) in [4.78, 5) is 14.6. The third-order valence-corrected chi connectivity index (χ3v) is 8.68. The van der Waals surface area contributed by atoms with Crippen LogP contribution in [0.2, 0.25) is 0 Å². The molecule has 0 saturated carbocycles. The SMILES string of the molecule is O=S1(=O)CCC(N2CCN(c3ncnc4cc(-c5ccc(F)cc5)sc34)CC2)C1. The van der Waals surface area contributed by atoms with Gasteiger partial charge in [0.25, 0.3) is 0 Å². The lowest BCUT2D eigenvalue weighted by Gasteiger charge is -2.38. The van der Waals surface area contributed by atoms with Gasteiger partial charge < -0.3 is 4.90 Å². The van der Waals surface area contributed by atoms with Crippen LogP contribution < -0.4 is 4.90 Å². The van der Waals surface area contributed by atoms with E-state index in [2.05, 4.69) is 19.8 Å². The molecule has 0 N–H and O–H groups in total. The molecule has 2 aromatic heterocycles. The first-order valence-corrected chi connectivity index (χ1v) is 12.3. The molecule has 9 heteroatoms. The van der Waals surface area contributed by atoms with Crippen LogP contribution in [0.25, 0.3) is 20.7 Å². The molecule has 2 saturated heterocycles. The van der Waals surface area contributed by atoms with Crippen LogP contribution in [-0.4, -0.2) is 67.0 Å². The van der Waals surface area contributed by atoms with Gasteiger partial charge in [0.15, 0.2) is 9.84 Å². The van der Waals surface area contributed by atoms with Gasteiger partial charge in [-0.3, -0.25) is 4.90 Å². The zero-order valence-corrected chi connectivity index (χ0v) is 17.4. The molecule has 0 amide bonds. The van der Waals surface area contributed by atoms with Gasteiger partial charge in [0.2, 0.25) is 0 Å². The molecular formula is C20H21FN4O2S2. The lowest BCUT2D eigenvalue weighted by molar-refractivity contribution is 0.200. The molecule has 4 heterocycles. The average molecular weight is 433 g/mol. The molecule has 29 heavy (non-hydrogen) atoms. The second-order valence-corrected chi connectivity index (χ2v) is 10.9. The van der Waals surface area contributed by atoms with Gasteiger partial charge in [-0.05, 0) is 30.2 Å². The molecule has 1 atom stereocenters. The van der Waals surface area contributed by atoms with E-state index in [1.54, 1.807) is 29.8 Å². The van der Waals surface area contributed by atoms with E-state index in [-0.39, 0.29) is 17.6 Å². The largest absolute Gasteiger partial charge is 0.353 e. The normalized spacial score (nSPS) is 22.4. The summed E-state index contributed by atoms with van der Waals surface area (Å²) >= 11 is 1.62. The third kappa shape index (κ3) is 3.74. The van der Waals surface area contributed by atoms with E-state index in [0.717, 1.165) is 59.1 Å². The first-order chi connectivity index (χ1) is 14.0. The van der Waals surface area contributed by atoms with E-state index in [1.165, 1.54) is 12.1 Å². The van der Waals surface area contributed by atoms with Crippen molar-refractivity contribution in [3.8, 4) is 10.4 Å². The minimum Gasteiger partial charge on any atom is -0.353 e. The Labute approximate surface area is 172 Å². The van der Waals surface area contributed by atoms with E-state index >= 15 is 0 Å². The summed E-state index contributed by atoms with van der Waals surface area (Å²) in [5, 5.41) is 0. The van der Waals surface area contributed by atoms with E-state index in [1.807, 2.05) is 6.07 Å². The fourth-order valence-electron chi connectivity index (χ4n) is 4.19. The maximum absolute atomic E-state index is 13.2. The quantitative estimate of drug-likeness (QED) is 0.634. The van der Waals surface area contributed by atoms with Gasteiger partial charge >= 0.3 is 0 Å². The van der Waals surface area contributed by atoms with Crippen LogP contribution in [0, 0.1) is 5.82 Å². The van der Waals surface area contributed by atoms with Crippen molar-refractivity contribution >= 4 is 37.2 Å². The Bertz CT molecular complexity index is 1140. The minimum absolute atomic E-state index is 0.152. The van der Waals surface area contributed by atoms with Gasteiger partial charge in [-0.1, -0.05) is 12.1 Å². The minimum atomic E-state index is -2.86. The van der Waals surface area contributed by atoms with Crippen molar-refractivity contribution in [1.82, 2.24) is 14.9 Å². The highest BCUT2D eigenvalue weighted by Crippen LogP contribution is 2.37. The van der Waals surface area contributed by atoms with Gasteiger partial charge in [0.05, 0.1) is 21.7 Å². The molecule has 2 aliphatic rings. The summed E-state index contributed by atoms with van der Waals surface area (Å²) < 4.78 is 37.8. The van der Waals surface area contributed by atoms with Gasteiger partial charge in [-0.15, -0.1) is 11.3 Å². The average Bonchev–Trinajstić information content (AvgIpc) is 3.31. The molecule has 152 valence electrons. The highest BCUT2D eigenvalue weighted by molar-refractivity contribution is 7.91. The van der Waals surface area contributed by atoms with Crippen LogP contribution in [0.5, 0.6) is 0 Å². The van der Waals surface area contributed by atoms with Crippen molar-refractivity contribution in [3.05, 3.63) is 42.5 Å². The molecule has 6 nitrogen and oxygen atoms in total. The number of halogens is 1. The van der Waals surface area contributed by atoms with Gasteiger partial charge in [-0.25, -0.2) is 22.8 Å². The zero-order valence-electron chi connectivity index (χ0n) is 15.8. The summed E-state index contributed by atoms with van der Waals surface area (Å²) in [6.45, 7) is 3.29. The number of benzene rings is 1. The van der Waals surface area contributed by atoms with Crippen molar-refractivity contribution in [2.24, 2.45) is 0 Å². The number of nitrogens with zero attached hydrogens (tertiary/aromatic N) is 4. The number of thiophene rings is 1. The molecule has 3 aromatic rings. The first kappa shape index (κ1) is 18.9. The Hall–Kier alpha value is -2.10. The van der Waals surface area contributed by atoms with Gasteiger partial charge in [-0.2, -0.15) is 0 Å². The molecule has 2 aliphatic heterocycles. The van der Waals surface area contributed by atoms with Crippen molar-refractivity contribution in [1.29, 1.82) is 0 Å². The number of sulfone groups is 1. The van der Waals surface area contributed by atoms with Crippen molar-refractivity contribution < 1.29 is 12.8 Å². The van der Waals surface area contributed by atoms with E-state index in [0.29, 0.717) is 5.75 Å². The van der Waals surface area contributed by atoms with Crippen LogP contribution in [0.4, 0.5) is 10.2 Å². The highest BCUT2D eigenvalue weighted by Gasteiger charge is 2.34. The Morgan fingerprint density at radius 3 is 2.52 bits per heavy atom. The fourth-order valence-corrected chi connectivity index (χ4v) is 7.08. The zero-order chi connectivity index (χ0) is 20.0. The van der Waals surface area contributed by atoms with Crippen LogP contribution in [0.3, 0.4) is 0 Å². The topological polar surface area (TPSA) is 66.4 Å². The number of piperazine rings is 1. The first-order valence-electron chi connectivity index (χ1n) is 9.68. The van der Waals surface area contributed by atoms with Gasteiger partial charge in [0, 0.05) is 37.1 Å². The van der Waals surface area contributed by atoms with Crippen LogP contribution in [0.1, 0.15) is 6.42 Å². The molecule has 1 aromatic carbocycles. The van der Waals surface area contributed by atoms with Crippen molar-refractivity contribution in [2.75, 3.05) is 42.6 Å². The molecule has 0 spiro atoms. The predicted octanol–water partition coefficient (Wildman–Crippen LogP) is 2.81. The monoisotopic (exact) mass is 432 g/mol. The number of anilines is 1. The van der Waals surface area contributed by atoms with Crippen molar-refractivity contribution in [3.63, 3.8) is 0 Å². The number of fused-ring (bicyclic) bond motifs is 1. The molecule has 0 aliphatic carbocycles. The molecule has 2 fully saturated rings. The van der Waals surface area contributed by atoms with Crippen LogP contribution >= 0.6 is 11.3 Å². The Kier molecular flexibility index (Phi) is 4.76. The Morgan fingerprint density at radius 1 is 1.07 bits per heavy atom. The fraction of sp³-hybridized carbons (Fsp3) is 0.400. The number of rotatable bonds is 3. The highest BCUT2D eigenvalue weighted by atomic mass is 32.2. The molecule has 5 rings (SSSR count). The summed E-state index contributed by atoms with van der Waals surface area (Å²) in [5.74, 6) is 1.28. The molecule has 0 radical (unpaired) electrons. The smallest absolute Gasteiger partial charge is 0.151 e. The van der Waals surface area contributed by atoms with Crippen molar-refractivity contribution in [2.45, 2.75) is 12.5 Å². The molecule has 0 bridgehead atoms. The maximum atomic E-state index is 13.2. The van der Waals surface area contributed by atoms with E-state index in [4.69, 9.17) is 0 Å². The standard InChI is InChI=1S/C20H21FN4O2S2/c21-15-3-1-14(2-4-15)18-11-17-19(28-18)20(23-13-22-17)25-8-6-24(7-9-25)16-5-10-29(26,27)12-16/h1-4,11,13,16H,5-10,12H2. The lowest BCUT2D eigenvalue weighted by Crippen LogP contribution is -2.51. The Morgan fingerprint density at radius 2 is 1.83 bits per heavy atom. The number of hydrogen-bond acceptors (Lipinski definition) is 7. The summed E-state index contributed by atoms with van der Waals surface area (Å²) in [6.07, 6.45) is 2.33. The van der Waals surface area contributed by atoms with E-state index < -0.39 is 9.84 Å². The molecule has 1 unspecified atom stereocenters. The van der Waals surface area contributed by atoms with Crippen LogP contribution in [0.15, 0.2) is 36.7 Å². The van der Waals surface area contributed by atoms with E-state index in [9.17, 15) is 12.8 Å². The summed E-state index contributed by atoms with van der Waals surface area (Å²) in [7, 11) is -2.86. The third-order valence-electron chi connectivity index (χ3n) is 5.76. The van der Waals surface area contributed by atoms with Crippen LogP contribution in [-0.2, 0) is 9.84 Å². The van der Waals surface area contributed by atoms with Gasteiger partial charge in [0.1, 0.15) is 18.0 Å². The summed E-state index contributed by atoms with van der Waals surface area (Å²) in [5.41, 5.74) is 1.86. The second-order valence-electron chi connectivity index (χ2n) is 7.61. The predicted molar refractivity (Wildman–Crippen MR) is 114 cm³/mol. The number of aromatic nitrogens is 2. The molecular weight excluding hydrogens is 411 g/mol.